The van der Waals surface area contributed by atoms with E-state index in [0.29, 0.717) is 23.9 Å². The first-order valence-corrected chi connectivity index (χ1v) is 8.76. The molecule has 23 heavy (non-hydrogen) atoms. The van der Waals surface area contributed by atoms with Gasteiger partial charge in [-0.25, -0.2) is 0 Å². The lowest BCUT2D eigenvalue weighted by Gasteiger charge is -2.43. The molecule has 0 aromatic heterocycles. The first-order valence-electron chi connectivity index (χ1n) is 8.76. The van der Waals surface area contributed by atoms with Gasteiger partial charge < -0.3 is 16.0 Å². The van der Waals surface area contributed by atoms with Gasteiger partial charge in [0.25, 0.3) is 0 Å². The lowest BCUT2D eigenvalue weighted by molar-refractivity contribution is -0.127. The number of hydrogen-bond acceptors (Lipinski definition) is 3. The summed E-state index contributed by atoms with van der Waals surface area (Å²) in [5.41, 5.74) is 6.30. The van der Waals surface area contributed by atoms with Gasteiger partial charge in [0.15, 0.2) is 0 Å². The fourth-order valence-corrected chi connectivity index (χ4v) is 4.04. The van der Waals surface area contributed by atoms with Gasteiger partial charge in [0.1, 0.15) is 0 Å². The van der Waals surface area contributed by atoms with E-state index in [1.54, 1.807) is 0 Å². The number of halogens is 2. The average Bonchev–Trinajstić information content (AvgIpc) is 2.45. The minimum absolute atomic E-state index is 0. The highest BCUT2D eigenvalue weighted by molar-refractivity contribution is 5.85. The highest BCUT2D eigenvalue weighted by atomic mass is 35.5. The molecule has 2 rings (SSSR count). The molecule has 4 nitrogen and oxygen atoms in total. The van der Waals surface area contributed by atoms with E-state index in [2.05, 4.69) is 31.1 Å². The Labute approximate surface area is 154 Å². The van der Waals surface area contributed by atoms with E-state index in [1.807, 2.05) is 0 Å². The van der Waals surface area contributed by atoms with Crippen molar-refractivity contribution in [3.63, 3.8) is 0 Å². The highest BCUT2D eigenvalue weighted by Crippen LogP contribution is 2.41. The van der Waals surface area contributed by atoms with Crippen molar-refractivity contribution in [2.45, 2.75) is 64.5 Å². The maximum atomic E-state index is 12.4. The van der Waals surface area contributed by atoms with E-state index < -0.39 is 0 Å². The molecule has 138 valence electrons. The zero-order chi connectivity index (χ0) is 15.4. The molecule has 0 saturated heterocycles. The Bertz CT molecular complexity index is 343. The summed E-state index contributed by atoms with van der Waals surface area (Å²) in [6.07, 6.45) is 6.90. The molecule has 2 bridgehead atoms. The number of carbonyl (C=O) groups is 1. The summed E-state index contributed by atoms with van der Waals surface area (Å²) in [5, 5.41) is 3.14. The molecule has 2 saturated carbocycles. The molecule has 0 aromatic carbocycles. The third-order valence-electron chi connectivity index (χ3n) is 5.89. The van der Waals surface area contributed by atoms with Crippen molar-refractivity contribution in [2.75, 3.05) is 20.1 Å². The predicted molar refractivity (Wildman–Crippen MR) is 101 cm³/mol. The monoisotopic (exact) mass is 367 g/mol. The Kier molecular flexibility index (Phi) is 10.7. The molecule has 3 unspecified atom stereocenters. The summed E-state index contributed by atoms with van der Waals surface area (Å²) in [7, 11) is 2.13. The van der Waals surface area contributed by atoms with Gasteiger partial charge in [-0.1, -0.05) is 13.3 Å². The molecule has 0 heterocycles. The Morgan fingerprint density at radius 2 is 1.83 bits per heavy atom. The molecular weight excluding hydrogens is 333 g/mol. The third-order valence-corrected chi connectivity index (χ3v) is 5.89. The summed E-state index contributed by atoms with van der Waals surface area (Å²) in [6, 6.07) is 0.924. The van der Waals surface area contributed by atoms with Gasteiger partial charge in [0, 0.05) is 31.1 Å². The van der Waals surface area contributed by atoms with Gasteiger partial charge in [-0.3, -0.25) is 4.79 Å². The Morgan fingerprint density at radius 1 is 1.26 bits per heavy atom. The van der Waals surface area contributed by atoms with Crippen LogP contribution in [0.4, 0.5) is 0 Å². The van der Waals surface area contributed by atoms with Crippen LogP contribution in [-0.4, -0.2) is 43.0 Å². The van der Waals surface area contributed by atoms with Crippen LogP contribution in [0.1, 0.15) is 52.4 Å². The molecule has 6 heteroatoms. The standard InChI is InChI=1S/C17H33N3O.2ClH/c1-4-12(2)20(3)9-8-19-17(21)15-10-13-6-5-7-14(11-15)16(13)18;;/h12-16H,4-11,18H2,1-3H3,(H,19,21);2*1H. The van der Waals surface area contributed by atoms with Gasteiger partial charge in [0.2, 0.25) is 5.91 Å². The molecule has 3 atom stereocenters. The van der Waals surface area contributed by atoms with Crippen LogP contribution in [0.25, 0.3) is 0 Å². The number of rotatable bonds is 6. The second-order valence-corrected chi connectivity index (χ2v) is 7.23. The van der Waals surface area contributed by atoms with Crippen molar-refractivity contribution >= 4 is 30.7 Å². The van der Waals surface area contributed by atoms with Crippen LogP contribution >= 0.6 is 24.8 Å². The summed E-state index contributed by atoms with van der Waals surface area (Å²) in [5.74, 6) is 1.62. The summed E-state index contributed by atoms with van der Waals surface area (Å²) >= 11 is 0. The number of nitrogens with two attached hydrogens (primary N) is 1. The van der Waals surface area contributed by atoms with Gasteiger partial charge >= 0.3 is 0 Å². The normalized spacial score (nSPS) is 30.8. The van der Waals surface area contributed by atoms with Crippen molar-refractivity contribution < 1.29 is 4.79 Å². The Balaban J connectivity index is 0.00000242. The maximum absolute atomic E-state index is 12.4. The number of carbonyl (C=O) groups excluding carboxylic acids is 1. The highest BCUT2D eigenvalue weighted by Gasteiger charge is 2.40. The van der Waals surface area contributed by atoms with Gasteiger partial charge in [-0.2, -0.15) is 0 Å². The van der Waals surface area contributed by atoms with Crippen molar-refractivity contribution in [3.05, 3.63) is 0 Å². The maximum Gasteiger partial charge on any atom is 0.223 e. The first-order chi connectivity index (χ1) is 10.0. The van der Waals surface area contributed by atoms with E-state index in [9.17, 15) is 4.79 Å². The van der Waals surface area contributed by atoms with E-state index in [-0.39, 0.29) is 36.6 Å². The summed E-state index contributed by atoms with van der Waals surface area (Å²) < 4.78 is 0. The summed E-state index contributed by atoms with van der Waals surface area (Å²) in [4.78, 5) is 14.7. The number of fused-ring (bicyclic) bond motifs is 2. The second-order valence-electron chi connectivity index (χ2n) is 7.23. The van der Waals surface area contributed by atoms with E-state index in [4.69, 9.17) is 5.73 Å². The van der Waals surface area contributed by atoms with Crippen molar-refractivity contribution in [3.8, 4) is 0 Å². The molecule has 0 aromatic rings. The molecule has 2 fully saturated rings. The third kappa shape index (κ3) is 6.08. The lowest BCUT2D eigenvalue weighted by atomic mass is 9.65. The topological polar surface area (TPSA) is 58.4 Å². The van der Waals surface area contributed by atoms with Crippen LogP contribution in [-0.2, 0) is 4.79 Å². The van der Waals surface area contributed by atoms with Crippen LogP contribution in [0, 0.1) is 17.8 Å². The fraction of sp³-hybridized carbons (Fsp3) is 0.941. The predicted octanol–water partition coefficient (Wildman–Crippen LogP) is 2.83. The van der Waals surface area contributed by atoms with Crippen LogP contribution in [0.5, 0.6) is 0 Å². The zero-order valence-corrected chi connectivity index (χ0v) is 16.4. The van der Waals surface area contributed by atoms with Crippen LogP contribution in [0.15, 0.2) is 0 Å². The number of nitrogens with one attached hydrogen (secondary N) is 1. The van der Waals surface area contributed by atoms with E-state index in [0.717, 1.165) is 32.4 Å². The van der Waals surface area contributed by atoms with Gasteiger partial charge in [-0.05, 0) is 57.9 Å². The van der Waals surface area contributed by atoms with Crippen LogP contribution in [0.2, 0.25) is 0 Å². The quantitative estimate of drug-likeness (QED) is 0.758. The Hall–Kier alpha value is -0.0300. The van der Waals surface area contributed by atoms with E-state index in [1.165, 1.54) is 19.3 Å². The van der Waals surface area contributed by atoms with Crippen LogP contribution in [0.3, 0.4) is 0 Å². The SMILES string of the molecule is CCC(C)N(C)CCNC(=O)C1CC2CCCC(C1)C2N.Cl.Cl. The molecule has 3 N–H and O–H groups in total. The number of nitrogens with zero attached hydrogens (tertiary/aromatic N) is 1. The minimum Gasteiger partial charge on any atom is -0.355 e. The van der Waals surface area contributed by atoms with E-state index >= 15 is 0 Å². The smallest absolute Gasteiger partial charge is 0.223 e. The molecule has 2 aliphatic carbocycles. The zero-order valence-electron chi connectivity index (χ0n) is 14.8. The second kappa shape index (κ2) is 10.8. The molecule has 2 aliphatic rings. The molecule has 0 radical (unpaired) electrons. The van der Waals surface area contributed by atoms with Crippen molar-refractivity contribution in [2.24, 2.45) is 23.5 Å². The number of hydrogen-bond donors (Lipinski definition) is 2. The fourth-order valence-electron chi connectivity index (χ4n) is 4.04. The van der Waals surface area contributed by atoms with Crippen LogP contribution < -0.4 is 11.1 Å². The molecule has 1 amide bonds. The molecule has 0 spiro atoms. The number of amides is 1. The first kappa shape index (κ1) is 23.0. The lowest BCUT2D eigenvalue weighted by Crippen LogP contribution is -2.49. The summed E-state index contributed by atoms with van der Waals surface area (Å²) in [6.45, 7) is 6.12. The number of likely N-dealkylation sites (N-methyl/N-ethyl adjacent to an activating group) is 1. The minimum atomic E-state index is 0. The van der Waals surface area contributed by atoms with Gasteiger partial charge in [0.05, 0.1) is 0 Å². The average molecular weight is 368 g/mol. The molecule has 0 aliphatic heterocycles. The van der Waals surface area contributed by atoms with Crippen molar-refractivity contribution in [1.82, 2.24) is 10.2 Å². The largest absolute Gasteiger partial charge is 0.355 e. The van der Waals surface area contributed by atoms with Crippen molar-refractivity contribution in [1.29, 1.82) is 0 Å². The molecular formula is C17H35Cl2N3O. The van der Waals surface area contributed by atoms with Gasteiger partial charge in [-0.15, -0.1) is 24.8 Å². The Morgan fingerprint density at radius 3 is 2.35 bits per heavy atom.